The summed E-state index contributed by atoms with van der Waals surface area (Å²) in [5, 5.41) is 3.35. The van der Waals surface area contributed by atoms with Crippen LogP contribution in [0, 0.1) is 0 Å². The molecular formula is C13H14BrN3O. The molecule has 1 aromatic carbocycles. The van der Waals surface area contributed by atoms with Gasteiger partial charge in [0, 0.05) is 25.2 Å². The first-order valence-corrected chi connectivity index (χ1v) is 6.69. The highest BCUT2D eigenvalue weighted by atomic mass is 79.9. The Morgan fingerprint density at radius 3 is 2.83 bits per heavy atom. The van der Waals surface area contributed by atoms with Crippen LogP contribution in [-0.2, 0) is 13.1 Å². The Labute approximate surface area is 114 Å². The number of rotatable bonds is 2. The second kappa shape index (κ2) is 4.74. The normalized spacial score (nSPS) is 14.3. The lowest BCUT2D eigenvalue weighted by atomic mass is 10.2. The highest BCUT2D eigenvalue weighted by Crippen LogP contribution is 2.28. The fraction of sp³-hybridized carbons (Fsp3) is 0.308. The molecule has 0 amide bonds. The number of aromatic nitrogens is 2. The molecule has 0 saturated carbocycles. The zero-order valence-corrected chi connectivity index (χ0v) is 11.7. The monoisotopic (exact) mass is 307 g/mol. The van der Waals surface area contributed by atoms with Crippen molar-refractivity contribution in [1.29, 1.82) is 0 Å². The fourth-order valence-corrected chi connectivity index (χ4v) is 2.75. The highest BCUT2D eigenvalue weighted by Gasteiger charge is 2.19. The van der Waals surface area contributed by atoms with Crippen molar-refractivity contribution < 1.29 is 4.74 Å². The molecule has 94 valence electrons. The standard InChI is InChI=1S/C13H14BrN3O/c1-18-10-4-2-9(3-5-10)13-16-12(14)11-8-15-6-7-17(11)13/h2-5,15H,6-8H2,1H3. The fourth-order valence-electron chi connectivity index (χ4n) is 2.22. The molecule has 2 heterocycles. The van der Waals surface area contributed by atoms with E-state index in [2.05, 4.69) is 30.8 Å². The first kappa shape index (κ1) is 11.7. The van der Waals surface area contributed by atoms with Gasteiger partial charge in [0.2, 0.25) is 0 Å². The van der Waals surface area contributed by atoms with Crippen LogP contribution in [0.3, 0.4) is 0 Å². The number of hydrogen-bond donors (Lipinski definition) is 1. The van der Waals surface area contributed by atoms with Gasteiger partial charge in [0.25, 0.3) is 0 Å². The molecule has 0 atom stereocenters. The molecule has 2 aromatic rings. The number of halogens is 1. The number of methoxy groups -OCH3 is 1. The van der Waals surface area contributed by atoms with Crippen molar-refractivity contribution in [2.24, 2.45) is 0 Å². The summed E-state index contributed by atoms with van der Waals surface area (Å²) in [6.45, 7) is 2.80. The molecule has 0 spiro atoms. The van der Waals surface area contributed by atoms with Crippen molar-refractivity contribution in [3.05, 3.63) is 34.6 Å². The van der Waals surface area contributed by atoms with Gasteiger partial charge >= 0.3 is 0 Å². The number of ether oxygens (including phenoxy) is 1. The Morgan fingerprint density at radius 1 is 1.33 bits per heavy atom. The summed E-state index contributed by atoms with van der Waals surface area (Å²) in [6, 6.07) is 8.02. The molecule has 0 bridgehead atoms. The largest absolute Gasteiger partial charge is 0.497 e. The van der Waals surface area contributed by atoms with Gasteiger partial charge < -0.3 is 14.6 Å². The molecule has 5 heteroatoms. The van der Waals surface area contributed by atoms with Crippen LogP contribution < -0.4 is 10.1 Å². The van der Waals surface area contributed by atoms with Gasteiger partial charge in [0.05, 0.1) is 12.8 Å². The van der Waals surface area contributed by atoms with Crippen molar-refractivity contribution in [1.82, 2.24) is 14.9 Å². The predicted octanol–water partition coefficient (Wildman–Crippen LogP) is 2.42. The van der Waals surface area contributed by atoms with Crippen LogP contribution in [0.15, 0.2) is 28.9 Å². The van der Waals surface area contributed by atoms with E-state index in [9.17, 15) is 0 Å². The summed E-state index contributed by atoms with van der Waals surface area (Å²) in [4.78, 5) is 4.62. The first-order chi connectivity index (χ1) is 8.79. The van der Waals surface area contributed by atoms with Gasteiger partial charge in [-0.2, -0.15) is 0 Å². The number of nitrogens with zero attached hydrogens (tertiary/aromatic N) is 2. The topological polar surface area (TPSA) is 39.1 Å². The van der Waals surface area contributed by atoms with Crippen LogP contribution in [0.1, 0.15) is 5.69 Å². The van der Waals surface area contributed by atoms with Crippen molar-refractivity contribution >= 4 is 15.9 Å². The van der Waals surface area contributed by atoms with Crippen molar-refractivity contribution in [2.75, 3.05) is 13.7 Å². The van der Waals surface area contributed by atoms with E-state index >= 15 is 0 Å². The Balaban J connectivity index is 2.05. The molecule has 1 aliphatic rings. The third-order valence-corrected chi connectivity index (χ3v) is 3.81. The van der Waals surface area contributed by atoms with E-state index in [0.29, 0.717) is 0 Å². The zero-order valence-electron chi connectivity index (χ0n) is 10.1. The van der Waals surface area contributed by atoms with Gasteiger partial charge in [-0.3, -0.25) is 0 Å². The quantitative estimate of drug-likeness (QED) is 0.926. The molecule has 4 nitrogen and oxygen atoms in total. The first-order valence-electron chi connectivity index (χ1n) is 5.89. The number of hydrogen-bond acceptors (Lipinski definition) is 3. The summed E-state index contributed by atoms with van der Waals surface area (Å²) >= 11 is 3.53. The molecule has 0 unspecified atom stereocenters. The van der Waals surface area contributed by atoms with E-state index in [0.717, 1.165) is 41.4 Å². The van der Waals surface area contributed by atoms with Crippen LogP contribution in [0.4, 0.5) is 0 Å². The summed E-state index contributed by atoms with van der Waals surface area (Å²) in [7, 11) is 1.68. The molecule has 1 aliphatic heterocycles. The molecule has 1 aromatic heterocycles. The minimum Gasteiger partial charge on any atom is -0.497 e. The minimum atomic E-state index is 0.865. The molecule has 1 N–H and O–H groups in total. The summed E-state index contributed by atoms with van der Waals surface area (Å²) in [6.07, 6.45) is 0. The predicted molar refractivity (Wildman–Crippen MR) is 73.6 cm³/mol. The molecule has 0 aliphatic carbocycles. The van der Waals surface area contributed by atoms with Crippen molar-refractivity contribution in [3.8, 4) is 17.1 Å². The SMILES string of the molecule is COc1ccc(-c2nc(Br)c3n2CCNC3)cc1. The van der Waals surface area contributed by atoms with Crippen LogP contribution in [0.2, 0.25) is 0 Å². The van der Waals surface area contributed by atoms with Gasteiger partial charge in [0.1, 0.15) is 16.2 Å². The lowest BCUT2D eigenvalue weighted by Gasteiger charge is -2.18. The van der Waals surface area contributed by atoms with Crippen LogP contribution >= 0.6 is 15.9 Å². The Morgan fingerprint density at radius 2 is 2.11 bits per heavy atom. The van der Waals surface area contributed by atoms with Gasteiger partial charge in [-0.15, -0.1) is 0 Å². The summed E-state index contributed by atoms with van der Waals surface area (Å²) in [5.41, 5.74) is 2.33. The van der Waals surface area contributed by atoms with E-state index in [-0.39, 0.29) is 0 Å². The van der Waals surface area contributed by atoms with E-state index < -0.39 is 0 Å². The van der Waals surface area contributed by atoms with E-state index in [1.54, 1.807) is 7.11 Å². The van der Waals surface area contributed by atoms with Crippen LogP contribution in [0.25, 0.3) is 11.4 Å². The average Bonchev–Trinajstić information content (AvgIpc) is 2.77. The molecule has 3 rings (SSSR count). The Bertz CT molecular complexity index is 562. The third kappa shape index (κ3) is 1.93. The smallest absolute Gasteiger partial charge is 0.141 e. The Hall–Kier alpha value is -1.33. The molecule has 0 saturated heterocycles. The lowest BCUT2D eigenvalue weighted by molar-refractivity contribution is 0.415. The second-order valence-corrected chi connectivity index (χ2v) is 4.98. The minimum absolute atomic E-state index is 0.865. The third-order valence-electron chi connectivity index (χ3n) is 3.18. The van der Waals surface area contributed by atoms with E-state index in [4.69, 9.17) is 4.74 Å². The van der Waals surface area contributed by atoms with Crippen molar-refractivity contribution in [3.63, 3.8) is 0 Å². The Kier molecular flexibility index (Phi) is 3.09. The van der Waals surface area contributed by atoms with Crippen LogP contribution in [-0.4, -0.2) is 23.2 Å². The summed E-state index contributed by atoms with van der Waals surface area (Å²) in [5.74, 6) is 1.88. The number of nitrogens with one attached hydrogen (secondary N) is 1. The van der Waals surface area contributed by atoms with E-state index in [1.165, 1.54) is 5.69 Å². The number of benzene rings is 1. The number of fused-ring (bicyclic) bond motifs is 1. The lowest BCUT2D eigenvalue weighted by Crippen LogP contribution is -2.28. The van der Waals surface area contributed by atoms with Gasteiger partial charge in [-0.05, 0) is 40.2 Å². The second-order valence-electron chi connectivity index (χ2n) is 4.23. The maximum Gasteiger partial charge on any atom is 0.141 e. The van der Waals surface area contributed by atoms with E-state index in [1.807, 2.05) is 24.3 Å². The maximum atomic E-state index is 5.18. The van der Waals surface area contributed by atoms with Gasteiger partial charge in [-0.25, -0.2) is 4.98 Å². The van der Waals surface area contributed by atoms with Crippen LogP contribution in [0.5, 0.6) is 5.75 Å². The zero-order chi connectivity index (χ0) is 12.5. The highest BCUT2D eigenvalue weighted by molar-refractivity contribution is 9.10. The molecule has 18 heavy (non-hydrogen) atoms. The molecule has 0 radical (unpaired) electrons. The van der Waals surface area contributed by atoms with Gasteiger partial charge in [0.15, 0.2) is 0 Å². The summed E-state index contributed by atoms with van der Waals surface area (Å²) < 4.78 is 8.37. The van der Waals surface area contributed by atoms with Crippen molar-refractivity contribution in [2.45, 2.75) is 13.1 Å². The number of imidazole rings is 1. The van der Waals surface area contributed by atoms with Gasteiger partial charge in [-0.1, -0.05) is 0 Å². The average molecular weight is 308 g/mol. The maximum absolute atomic E-state index is 5.18. The molecule has 0 fully saturated rings. The molecular weight excluding hydrogens is 294 g/mol.